The van der Waals surface area contributed by atoms with Gasteiger partial charge in [0.1, 0.15) is 0 Å². The fourth-order valence-electron chi connectivity index (χ4n) is 2.89. The van der Waals surface area contributed by atoms with Crippen molar-refractivity contribution in [2.45, 2.75) is 26.7 Å². The van der Waals surface area contributed by atoms with Crippen molar-refractivity contribution in [1.82, 2.24) is 5.43 Å². The molecule has 0 saturated heterocycles. The Morgan fingerprint density at radius 2 is 2.25 bits per heavy atom. The normalized spacial score (nSPS) is 21.3. The summed E-state index contributed by atoms with van der Waals surface area (Å²) in [6.07, 6.45) is 1.34. The fraction of sp³-hybridized carbons (Fsp3) is 0.400. The molecule has 1 N–H and O–H groups in total. The van der Waals surface area contributed by atoms with Gasteiger partial charge in [-0.3, -0.25) is 9.59 Å². The summed E-state index contributed by atoms with van der Waals surface area (Å²) in [7, 11) is 0. The maximum Gasteiger partial charge on any atom is 0.240 e. The number of carbonyl (C=O) groups is 2. The van der Waals surface area contributed by atoms with Crippen molar-refractivity contribution in [2.24, 2.45) is 11.0 Å². The van der Waals surface area contributed by atoms with Crippen molar-refractivity contribution < 1.29 is 9.59 Å². The lowest BCUT2D eigenvalue weighted by atomic mass is 9.93. The number of benzene rings is 1. The van der Waals surface area contributed by atoms with Crippen LogP contribution in [0.3, 0.4) is 0 Å². The highest BCUT2D eigenvalue weighted by Gasteiger charge is 2.25. The van der Waals surface area contributed by atoms with Crippen LogP contribution < -0.4 is 10.3 Å². The maximum absolute atomic E-state index is 11.5. The molecular weight excluding hydrogens is 254 g/mol. The molecule has 20 heavy (non-hydrogen) atoms. The molecule has 3 rings (SSSR count). The molecule has 1 aromatic rings. The first kappa shape index (κ1) is 12.8. The third-order valence-corrected chi connectivity index (χ3v) is 3.91. The fourth-order valence-corrected chi connectivity index (χ4v) is 2.89. The molecule has 1 atom stereocenters. The van der Waals surface area contributed by atoms with E-state index in [9.17, 15) is 9.59 Å². The lowest BCUT2D eigenvalue weighted by Gasteiger charge is -2.20. The van der Waals surface area contributed by atoms with Crippen molar-refractivity contribution in [3.8, 4) is 0 Å². The summed E-state index contributed by atoms with van der Waals surface area (Å²) >= 11 is 0. The van der Waals surface area contributed by atoms with Crippen LogP contribution in [-0.4, -0.2) is 24.1 Å². The molecule has 1 unspecified atom stereocenters. The number of hydrazone groups is 1. The van der Waals surface area contributed by atoms with Gasteiger partial charge in [-0.25, -0.2) is 5.43 Å². The SMILES string of the molecule is CC(=O)N1CCc2cc(C3=NNC(=O)CC3C)ccc21. The number of fused-ring (bicyclic) bond motifs is 1. The van der Waals surface area contributed by atoms with E-state index in [1.165, 1.54) is 5.56 Å². The monoisotopic (exact) mass is 271 g/mol. The molecule has 0 aromatic heterocycles. The number of nitrogens with zero attached hydrogens (tertiary/aromatic N) is 2. The van der Waals surface area contributed by atoms with Gasteiger partial charge in [-0.15, -0.1) is 0 Å². The third-order valence-electron chi connectivity index (χ3n) is 3.91. The Morgan fingerprint density at radius 3 is 2.95 bits per heavy atom. The molecular formula is C15H17N3O2. The van der Waals surface area contributed by atoms with Crippen LogP contribution in [0.25, 0.3) is 0 Å². The largest absolute Gasteiger partial charge is 0.312 e. The van der Waals surface area contributed by atoms with Gasteiger partial charge < -0.3 is 4.90 Å². The number of carbonyl (C=O) groups excluding carboxylic acids is 2. The number of nitrogens with one attached hydrogen (secondary N) is 1. The zero-order valence-corrected chi connectivity index (χ0v) is 11.6. The number of rotatable bonds is 1. The van der Waals surface area contributed by atoms with Crippen LogP contribution in [0.4, 0.5) is 5.69 Å². The van der Waals surface area contributed by atoms with E-state index >= 15 is 0 Å². The zero-order valence-electron chi connectivity index (χ0n) is 11.6. The Labute approximate surface area is 117 Å². The standard InChI is InChI=1S/C15H17N3O2/c1-9-7-14(20)16-17-15(9)12-3-4-13-11(8-12)5-6-18(13)10(2)19/h3-4,8-9H,5-7H2,1-2H3,(H,16,20). The highest BCUT2D eigenvalue weighted by atomic mass is 16.2. The second kappa shape index (κ2) is 4.74. The third kappa shape index (κ3) is 2.09. The van der Waals surface area contributed by atoms with E-state index < -0.39 is 0 Å². The summed E-state index contributed by atoms with van der Waals surface area (Å²) in [6, 6.07) is 6.04. The molecule has 2 aliphatic heterocycles. The molecule has 0 fully saturated rings. The van der Waals surface area contributed by atoms with Crippen molar-refractivity contribution in [2.75, 3.05) is 11.4 Å². The van der Waals surface area contributed by atoms with Crippen molar-refractivity contribution in [3.05, 3.63) is 29.3 Å². The molecule has 2 aliphatic rings. The summed E-state index contributed by atoms with van der Waals surface area (Å²) in [5, 5.41) is 4.18. The molecule has 104 valence electrons. The Bertz CT molecular complexity index is 622. The first-order valence-electron chi connectivity index (χ1n) is 6.84. The highest BCUT2D eigenvalue weighted by Crippen LogP contribution is 2.30. The van der Waals surface area contributed by atoms with E-state index in [1.807, 2.05) is 19.1 Å². The van der Waals surface area contributed by atoms with Gasteiger partial charge in [0, 0.05) is 31.5 Å². The van der Waals surface area contributed by atoms with Crippen LogP contribution in [0, 0.1) is 5.92 Å². The molecule has 2 heterocycles. The van der Waals surface area contributed by atoms with Crippen LogP contribution >= 0.6 is 0 Å². The van der Waals surface area contributed by atoms with Crippen LogP contribution in [0.5, 0.6) is 0 Å². The Balaban J connectivity index is 1.94. The average molecular weight is 271 g/mol. The minimum absolute atomic E-state index is 0.0369. The van der Waals surface area contributed by atoms with E-state index in [1.54, 1.807) is 11.8 Å². The molecule has 0 saturated carbocycles. The molecule has 0 aliphatic carbocycles. The Kier molecular flexibility index (Phi) is 3.04. The molecule has 5 nitrogen and oxygen atoms in total. The van der Waals surface area contributed by atoms with Crippen LogP contribution in [0.15, 0.2) is 23.3 Å². The summed E-state index contributed by atoms with van der Waals surface area (Å²) in [5.41, 5.74) is 6.65. The van der Waals surface area contributed by atoms with Gasteiger partial charge in [-0.05, 0) is 29.7 Å². The van der Waals surface area contributed by atoms with Crippen molar-refractivity contribution in [1.29, 1.82) is 0 Å². The van der Waals surface area contributed by atoms with Gasteiger partial charge in [0.05, 0.1) is 5.71 Å². The van der Waals surface area contributed by atoms with Gasteiger partial charge >= 0.3 is 0 Å². The minimum Gasteiger partial charge on any atom is -0.312 e. The smallest absolute Gasteiger partial charge is 0.240 e. The summed E-state index contributed by atoms with van der Waals surface area (Å²) in [6.45, 7) is 4.34. The second-order valence-corrected chi connectivity index (χ2v) is 5.40. The van der Waals surface area contributed by atoms with Crippen molar-refractivity contribution >= 4 is 23.2 Å². The quantitative estimate of drug-likeness (QED) is 0.840. The van der Waals surface area contributed by atoms with Crippen LogP contribution in [-0.2, 0) is 16.0 Å². The number of hydrogen-bond donors (Lipinski definition) is 1. The maximum atomic E-state index is 11.5. The lowest BCUT2D eigenvalue weighted by molar-refractivity contribution is -0.122. The number of hydrogen-bond acceptors (Lipinski definition) is 3. The molecule has 0 bridgehead atoms. The number of anilines is 1. The minimum atomic E-state index is -0.0369. The van der Waals surface area contributed by atoms with Crippen LogP contribution in [0.2, 0.25) is 0 Å². The predicted octanol–water partition coefficient (Wildman–Crippen LogP) is 1.46. The molecule has 2 amide bonds. The molecule has 1 aromatic carbocycles. The van der Waals surface area contributed by atoms with Crippen LogP contribution in [0.1, 0.15) is 31.4 Å². The summed E-state index contributed by atoms with van der Waals surface area (Å²) < 4.78 is 0. The topological polar surface area (TPSA) is 61.8 Å². The Morgan fingerprint density at radius 1 is 1.45 bits per heavy atom. The van der Waals surface area contributed by atoms with Gasteiger partial charge in [-0.1, -0.05) is 13.0 Å². The van der Waals surface area contributed by atoms with Gasteiger partial charge in [-0.2, -0.15) is 5.10 Å². The molecule has 0 radical (unpaired) electrons. The first-order chi connectivity index (χ1) is 9.56. The summed E-state index contributed by atoms with van der Waals surface area (Å²) in [5.74, 6) is 0.157. The van der Waals surface area contributed by atoms with E-state index in [4.69, 9.17) is 0 Å². The summed E-state index contributed by atoms with van der Waals surface area (Å²) in [4.78, 5) is 24.6. The average Bonchev–Trinajstić information content (AvgIpc) is 2.81. The van der Waals surface area contributed by atoms with E-state index in [2.05, 4.69) is 16.6 Å². The van der Waals surface area contributed by atoms with Crippen molar-refractivity contribution in [3.63, 3.8) is 0 Å². The molecule has 5 heteroatoms. The van der Waals surface area contributed by atoms with Gasteiger partial charge in [0.15, 0.2) is 0 Å². The zero-order chi connectivity index (χ0) is 14.3. The van der Waals surface area contributed by atoms with E-state index in [-0.39, 0.29) is 17.7 Å². The number of amides is 2. The predicted molar refractivity (Wildman–Crippen MR) is 76.6 cm³/mol. The second-order valence-electron chi connectivity index (χ2n) is 5.40. The van der Waals surface area contributed by atoms with E-state index in [0.29, 0.717) is 6.42 Å². The van der Waals surface area contributed by atoms with E-state index in [0.717, 1.165) is 29.9 Å². The molecule has 0 spiro atoms. The first-order valence-corrected chi connectivity index (χ1v) is 6.84. The Hall–Kier alpha value is -2.17. The van der Waals surface area contributed by atoms with Gasteiger partial charge in [0.2, 0.25) is 11.8 Å². The highest BCUT2D eigenvalue weighted by molar-refractivity contribution is 6.06. The lowest BCUT2D eigenvalue weighted by Crippen LogP contribution is -2.32. The van der Waals surface area contributed by atoms with Gasteiger partial charge in [0.25, 0.3) is 0 Å².